The number of halogens is 1. The molecule has 3 aromatic heterocycles. The van der Waals surface area contributed by atoms with Crippen LogP contribution in [0.2, 0.25) is 5.02 Å². The molecule has 0 amide bonds. The topological polar surface area (TPSA) is 60.4 Å². The maximum absolute atomic E-state index is 12.5. The summed E-state index contributed by atoms with van der Waals surface area (Å²) < 4.78 is 7.33. The van der Waals surface area contributed by atoms with E-state index in [-0.39, 0.29) is 12.2 Å². The van der Waals surface area contributed by atoms with E-state index in [1.807, 2.05) is 72.4 Å². The van der Waals surface area contributed by atoms with Crippen molar-refractivity contribution >= 4 is 23.2 Å². The van der Waals surface area contributed by atoms with Crippen molar-refractivity contribution in [2.24, 2.45) is 0 Å². The third-order valence-electron chi connectivity index (χ3n) is 5.10. The highest BCUT2D eigenvalue weighted by Crippen LogP contribution is 2.29. The molecule has 0 radical (unpaired) electrons. The van der Waals surface area contributed by atoms with Crippen LogP contribution in [-0.2, 0) is 6.42 Å². The Hall–Kier alpha value is -3.70. The van der Waals surface area contributed by atoms with E-state index >= 15 is 0 Å². The summed E-state index contributed by atoms with van der Waals surface area (Å²) in [6, 6.07) is 19.1. The summed E-state index contributed by atoms with van der Waals surface area (Å²) in [5, 5.41) is 0.566. The fourth-order valence-electron chi connectivity index (χ4n) is 3.53. The number of benzene rings is 2. The zero-order chi connectivity index (χ0) is 21.4. The average Bonchev–Trinajstić information content (AvgIpc) is 3.41. The van der Waals surface area contributed by atoms with Crippen molar-refractivity contribution in [2.75, 3.05) is 0 Å². The lowest BCUT2D eigenvalue weighted by atomic mass is 10.0. The van der Waals surface area contributed by atoms with Gasteiger partial charge < -0.3 is 4.42 Å². The first-order valence-electron chi connectivity index (χ1n) is 9.85. The number of furan rings is 1. The van der Waals surface area contributed by atoms with Crippen LogP contribution in [0.25, 0.3) is 28.2 Å². The highest BCUT2D eigenvalue weighted by molar-refractivity contribution is 6.33. The summed E-state index contributed by atoms with van der Waals surface area (Å²) in [6.45, 7) is 1.82. The van der Waals surface area contributed by atoms with E-state index in [2.05, 4.69) is 9.97 Å². The lowest BCUT2D eigenvalue weighted by molar-refractivity contribution is 0.0965. The van der Waals surface area contributed by atoms with Crippen LogP contribution in [0.3, 0.4) is 0 Å². The third-order valence-corrected chi connectivity index (χ3v) is 5.43. The molecule has 3 heterocycles. The number of nitrogens with zero attached hydrogens (tertiary/aromatic N) is 3. The Morgan fingerprint density at radius 2 is 1.87 bits per heavy atom. The van der Waals surface area contributed by atoms with Crippen LogP contribution in [0.5, 0.6) is 0 Å². The third kappa shape index (κ3) is 3.88. The number of hydrogen-bond acceptors (Lipinski definition) is 4. The molecule has 5 rings (SSSR count). The van der Waals surface area contributed by atoms with Gasteiger partial charge in [-0.15, -0.1) is 0 Å². The number of carbonyl (C=O) groups is 1. The number of fused-ring (bicyclic) bond motifs is 1. The van der Waals surface area contributed by atoms with Gasteiger partial charge in [0.15, 0.2) is 5.76 Å². The van der Waals surface area contributed by atoms with Crippen LogP contribution >= 0.6 is 11.6 Å². The molecule has 0 fully saturated rings. The minimum Gasteiger partial charge on any atom is -0.458 e. The van der Waals surface area contributed by atoms with Gasteiger partial charge in [0, 0.05) is 36.1 Å². The van der Waals surface area contributed by atoms with Crippen LogP contribution in [0.4, 0.5) is 0 Å². The van der Waals surface area contributed by atoms with Gasteiger partial charge in [0.2, 0.25) is 11.6 Å². The second kappa shape index (κ2) is 7.85. The molecule has 0 aliphatic carbocycles. The van der Waals surface area contributed by atoms with Crippen LogP contribution in [-0.4, -0.2) is 20.2 Å². The lowest BCUT2D eigenvalue weighted by Gasteiger charge is -2.05. The zero-order valence-electron chi connectivity index (χ0n) is 16.7. The molecule has 0 aliphatic heterocycles. The monoisotopic (exact) mass is 427 g/mol. The molecule has 0 unspecified atom stereocenters. The van der Waals surface area contributed by atoms with Gasteiger partial charge in [-0.3, -0.25) is 9.20 Å². The maximum atomic E-state index is 12.5. The average molecular weight is 428 g/mol. The fraction of sp³-hybridized carbons (Fsp3) is 0.0800. The van der Waals surface area contributed by atoms with E-state index in [1.165, 1.54) is 0 Å². The molecule has 31 heavy (non-hydrogen) atoms. The molecule has 0 saturated carbocycles. The van der Waals surface area contributed by atoms with E-state index in [9.17, 15) is 4.79 Å². The number of ketones is 1. The fourth-order valence-corrected chi connectivity index (χ4v) is 3.74. The smallest absolute Gasteiger partial charge is 0.234 e. The molecular weight excluding hydrogens is 410 g/mol. The van der Waals surface area contributed by atoms with Crippen LogP contribution < -0.4 is 0 Å². The van der Waals surface area contributed by atoms with Crippen molar-refractivity contribution in [3.8, 4) is 22.4 Å². The van der Waals surface area contributed by atoms with Gasteiger partial charge >= 0.3 is 0 Å². The van der Waals surface area contributed by atoms with Crippen molar-refractivity contribution in [2.45, 2.75) is 13.3 Å². The Kier molecular flexibility index (Phi) is 4.88. The Bertz CT molecular complexity index is 1400. The van der Waals surface area contributed by atoms with Gasteiger partial charge in [0.05, 0.1) is 10.7 Å². The van der Waals surface area contributed by atoms with E-state index in [1.54, 1.807) is 18.2 Å². The first-order valence-corrected chi connectivity index (χ1v) is 10.2. The predicted molar refractivity (Wildman–Crippen MR) is 120 cm³/mol. The molecule has 0 spiro atoms. The van der Waals surface area contributed by atoms with Gasteiger partial charge in [-0.05, 0) is 42.3 Å². The standard InChI is InChI=1S/C25H18ClN3O2/c1-16-7-10-24(31-16)23(30)12-17-8-9-21(26)20(11-17)22-15-29-14-19(13-27-25(29)28-22)18-5-3-2-4-6-18/h2-11,13-15H,12H2,1H3. The number of carbonyl (C=O) groups excluding carboxylic acids is 1. The molecule has 2 aromatic carbocycles. The van der Waals surface area contributed by atoms with Gasteiger partial charge in [0.25, 0.3) is 0 Å². The summed E-state index contributed by atoms with van der Waals surface area (Å²) in [6.07, 6.45) is 5.93. The number of aryl methyl sites for hydroxylation is 1. The quantitative estimate of drug-likeness (QED) is 0.320. The van der Waals surface area contributed by atoms with E-state index < -0.39 is 0 Å². The highest BCUT2D eigenvalue weighted by Gasteiger charge is 2.15. The Balaban J connectivity index is 1.48. The molecule has 6 heteroatoms. The molecule has 0 saturated heterocycles. The normalized spacial score (nSPS) is 11.2. The van der Waals surface area contributed by atoms with Crippen LogP contribution in [0, 0.1) is 6.92 Å². The molecule has 5 nitrogen and oxygen atoms in total. The van der Waals surface area contributed by atoms with Gasteiger partial charge in [-0.2, -0.15) is 0 Å². The van der Waals surface area contributed by atoms with Gasteiger partial charge in [-0.1, -0.05) is 48.0 Å². The highest BCUT2D eigenvalue weighted by atomic mass is 35.5. The second-order valence-corrected chi connectivity index (χ2v) is 7.77. The maximum Gasteiger partial charge on any atom is 0.234 e. The Labute approximate surface area is 184 Å². The summed E-state index contributed by atoms with van der Waals surface area (Å²) in [5.74, 6) is 1.58. The first-order chi connectivity index (χ1) is 15.1. The summed E-state index contributed by atoms with van der Waals surface area (Å²) in [4.78, 5) is 21.6. The van der Waals surface area contributed by atoms with Crippen molar-refractivity contribution in [1.29, 1.82) is 0 Å². The number of hydrogen-bond donors (Lipinski definition) is 0. The second-order valence-electron chi connectivity index (χ2n) is 7.37. The minimum atomic E-state index is -0.0782. The molecule has 5 aromatic rings. The van der Waals surface area contributed by atoms with Crippen molar-refractivity contribution in [3.05, 3.63) is 101 Å². The summed E-state index contributed by atoms with van der Waals surface area (Å²) in [7, 11) is 0. The molecule has 152 valence electrons. The van der Waals surface area contributed by atoms with Crippen LogP contribution in [0.1, 0.15) is 21.9 Å². The zero-order valence-corrected chi connectivity index (χ0v) is 17.5. The lowest BCUT2D eigenvalue weighted by Crippen LogP contribution is -2.02. The molecule has 0 bridgehead atoms. The Morgan fingerprint density at radius 3 is 2.65 bits per heavy atom. The van der Waals surface area contributed by atoms with Crippen molar-refractivity contribution in [1.82, 2.24) is 14.4 Å². The van der Waals surface area contributed by atoms with E-state index in [0.29, 0.717) is 28.0 Å². The first kappa shape index (κ1) is 19.3. The molecular formula is C25H18ClN3O2. The predicted octanol–water partition coefficient (Wildman–Crippen LogP) is 6.04. The molecule has 0 atom stereocenters. The van der Waals surface area contributed by atoms with Gasteiger partial charge in [-0.25, -0.2) is 9.97 Å². The molecule has 0 aliphatic rings. The number of imidazole rings is 1. The van der Waals surface area contributed by atoms with Gasteiger partial charge in [0.1, 0.15) is 5.76 Å². The van der Waals surface area contributed by atoms with Crippen molar-refractivity contribution in [3.63, 3.8) is 0 Å². The van der Waals surface area contributed by atoms with E-state index in [4.69, 9.17) is 16.0 Å². The summed E-state index contributed by atoms with van der Waals surface area (Å²) in [5.41, 5.74) is 4.38. The van der Waals surface area contributed by atoms with Crippen LogP contribution in [0.15, 0.2) is 83.7 Å². The molecule has 0 N–H and O–H groups in total. The number of aromatic nitrogens is 3. The Morgan fingerprint density at radius 1 is 1.03 bits per heavy atom. The largest absolute Gasteiger partial charge is 0.458 e. The minimum absolute atomic E-state index is 0.0782. The number of Topliss-reactive ketones (excluding diaryl/α,β-unsaturated/α-hetero) is 1. The van der Waals surface area contributed by atoms with Crippen molar-refractivity contribution < 1.29 is 9.21 Å². The van der Waals surface area contributed by atoms with E-state index in [0.717, 1.165) is 22.3 Å². The number of rotatable bonds is 5. The summed E-state index contributed by atoms with van der Waals surface area (Å²) >= 11 is 6.47. The SMILES string of the molecule is Cc1ccc(C(=O)Cc2ccc(Cl)c(-c3cn4cc(-c5ccccc5)cnc4n3)c2)o1.